The lowest BCUT2D eigenvalue weighted by Gasteiger charge is -2.04. The Bertz CT molecular complexity index is 589. The van der Waals surface area contributed by atoms with Gasteiger partial charge in [0.15, 0.2) is 5.76 Å². The number of amides is 1. The second-order valence-corrected chi connectivity index (χ2v) is 5.25. The van der Waals surface area contributed by atoms with Crippen LogP contribution in [0.25, 0.3) is 0 Å². The first-order valence-corrected chi connectivity index (χ1v) is 7.13. The minimum absolute atomic E-state index is 0.259. The number of hydrogen-bond donors (Lipinski definition) is 1. The summed E-state index contributed by atoms with van der Waals surface area (Å²) in [5.74, 6) is 1.38. The van der Waals surface area contributed by atoms with Crippen LogP contribution in [-0.4, -0.2) is 12.5 Å². The van der Waals surface area contributed by atoms with E-state index in [-0.39, 0.29) is 18.3 Å². The van der Waals surface area contributed by atoms with Gasteiger partial charge in [-0.2, -0.15) is 0 Å². The van der Waals surface area contributed by atoms with Crippen molar-refractivity contribution >= 4 is 28.5 Å². The van der Waals surface area contributed by atoms with Crippen LogP contribution in [-0.2, 0) is 6.61 Å². The van der Waals surface area contributed by atoms with Gasteiger partial charge in [0.1, 0.15) is 18.1 Å². The van der Waals surface area contributed by atoms with Gasteiger partial charge >= 0.3 is 0 Å². The molecule has 104 valence electrons. The van der Waals surface area contributed by atoms with Crippen molar-refractivity contribution in [2.75, 3.05) is 6.54 Å². The van der Waals surface area contributed by atoms with Crippen LogP contribution in [0.2, 0.25) is 0 Å². The molecule has 0 saturated carbocycles. The Kier molecular flexibility index (Phi) is 5.23. The molecule has 0 saturated heterocycles. The molecule has 0 aliphatic rings. The number of halogens is 1. The van der Waals surface area contributed by atoms with E-state index < -0.39 is 0 Å². The normalized spacial score (nSPS) is 10.1. The summed E-state index contributed by atoms with van der Waals surface area (Å²) in [7, 11) is 0. The lowest BCUT2D eigenvalue weighted by Crippen LogP contribution is -2.22. The maximum Gasteiger partial charge on any atom is 0.287 e. The van der Waals surface area contributed by atoms with Crippen LogP contribution in [0, 0.1) is 3.57 Å². The quantitative estimate of drug-likeness (QED) is 0.615. The van der Waals surface area contributed by atoms with E-state index in [0.717, 1.165) is 9.32 Å². The third kappa shape index (κ3) is 4.12. The van der Waals surface area contributed by atoms with Crippen molar-refractivity contribution < 1.29 is 13.9 Å². The Morgan fingerprint density at radius 1 is 1.30 bits per heavy atom. The Balaban J connectivity index is 1.91. The molecule has 4 nitrogen and oxygen atoms in total. The van der Waals surface area contributed by atoms with Gasteiger partial charge in [-0.05, 0) is 59.0 Å². The third-order valence-electron chi connectivity index (χ3n) is 2.49. The zero-order valence-corrected chi connectivity index (χ0v) is 12.9. The van der Waals surface area contributed by atoms with E-state index in [1.165, 1.54) is 0 Å². The first-order chi connectivity index (χ1) is 9.69. The molecule has 0 bridgehead atoms. The summed E-state index contributed by atoms with van der Waals surface area (Å²) in [5.41, 5.74) is 0. The summed E-state index contributed by atoms with van der Waals surface area (Å²) >= 11 is 2.23. The molecule has 20 heavy (non-hydrogen) atoms. The van der Waals surface area contributed by atoms with Crippen molar-refractivity contribution in [1.29, 1.82) is 0 Å². The van der Waals surface area contributed by atoms with Gasteiger partial charge in [-0.3, -0.25) is 4.79 Å². The summed E-state index contributed by atoms with van der Waals surface area (Å²) in [6.07, 6.45) is 1.61. The van der Waals surface area contributed by atoms with Crippen LogP contribution in [0.1, 0.15) is 16.3 Å². The van der Waals surface area contributed by atoms with Gasteiger partial charge in [-0.15, -0.1) is 6.58 Å². The fourth-order valence-electron chi connectivity index (χ4n) is 1.51. The molecule has 0 spiro atoms. The maximum atomic E-state index is 11.6. The molecular formula is C15H14INO3. The molecular weight excluding hydrogens is 369 g/mol. The maximum absolute atomic E-state index is 11.6. The van der Waals surface area contributed by atoms with E-state index in [9.17, 15) is 4.79 Å². The number of hydrogen-bond acceptors (Lipinski definition) is 3. The first-order valence-electron chi connectivity index (χ1n) is 6.05. The topological polar surface area (TPSA) is 51.5 Å². The van der Waals surface area contributed by atoms with Crippen molar-refractivity contribution in [3.63, 3.8) is 0 Å². The molecule has 1 aromatic carbocycles. The zero-order chi connectivity index (χ0) is 14.4. The van der Waals surface area contributed by atoms with E-state index in [4.69, 9.17) is 9.15 Å². The minimum atomic E-state index is -0.259. The summed E-state index contributed by atoms with van der Waals surface area (Å²) in [4.78, 5) is 11.6. The summed E-state index contributed by atoms with van der Waals surface area (Å²) < 4.78 is 12.1. The second kappa shape index (κ2) is 7.14. The molecule has 2 rings (SSSR count). The smallest absolute Gasteiger partial charge is 0.287 e. The number of rotatable bonds is 6. The Hall–Kier alpha value is -1.76. The highest BCUT2D eigenvalue weighted by molar-refractivity contribution is 14.1. The molecule has 0 aliphatic carbocycles. The van der Waals surface area contributed by atoms with Gasteiger partial charge in [0.05, 0.1) is 0 Å². The monoisotopic (exact) mass is 383 g/mol. The third-order valence-corrected chi connectivity index (χ3v) is 3.21. The minimum Gasteiger partial charge on any atom is -0.486 e. The number of ether oxygens (including phenoxy) is 1. The highest BCUT2D eigenvalue weighted by Gasteiger charge is 2.10. The van der Waals surface area contributed by atoms with Gasteiger partial charge in [-0.25, -0.2) is 0 Å². The van der Waals surface area contributed by atoms with Crippen molar-refractivity contribution in [3.05, 3.63) is 64.1 Å². The molecule has 1 amide bonds. The highest BCUT2D eigenvalue weighted by atomic mass is 127. The van der Waals surface area contributed by atoms with E-state index in [0.29, 0.717) is 12.3 Å². The molecule has 0 aliphatic heterocycles. The lowest BCUT2D eigenvalue weighted by molar-refractivity contribution is 0.0926. The summed E-state index contributed by atoms with van der Waals surface area (Å²) in [6.45, 7) is 4.23. The lowest BCUT2D eigenvalue weighted by atomic mass is 10.3. The Morgan fingerprint density at radius 3 is 2.75 bits per heavy atom. The Morgan fingerprint density at radius 2 is 2.05 bits per heavy atom. The van der Waals surface area contributed by atoms with Gasteiger partial charge in [0.2, 0.25) is 0 Å². The average Bonchev–Trinajstić information content (AvgIpc) is 2.93. The molecule has 1 aromatic heterocycles. The SMILES string of the molecule is C=CCNC(=O)c1ccc(COc2ccc(I)cc2)o1. The zero-order valence-electron chi connectivity index (χ0n) is 10.8. The molecule has 0 atom stereocenters. The average molecular weight is 383 g/mol. The molecule has 5 heteroatoms. The second-order valence-electron chi connectivity index (χ2n) is 4.01. The Labute approximate surface area is 131 Å². The summed E-state index contributed by atoms with van der Waals surface area (Å²) in [5, 5.41) is 2.65. The van der Waals surface area contributed by atoms with Crippen molar-refractivity contribution in [1.82, 2.24) is 5.32 Å². The summed E-state index contributed by atoms with van der Waals surface area (Å²) in [6, 6.07) is 11.1. The largest absolute Gasteiger partial charge is 0.486 e. The standard InChI is InChI=1S/C15H14INO3/c1-2-9-17-15(18)14-8-7-13(20-14)10-19-12-5-3-11(16)4-6-12/h2-8H,1,9-10H2,(H,17,18). The van der Waals surface area contributed by atoms with Gasteiger partial charge in [0, 0.05) is 10.1 Å². The van der Waals surface area contributed by atoms with Crippen LogP contribution < -0.4 is 10.1 Å². The number of carbonyl (C=O) groups is 1. The molecule has 0 unspecified atom stereocenters. The molecule has 2 aromatic rings. The number of furan rings is 1. The van der Waals surface area contributed by atoms with Crippen molar-refractivity contribution in [2.45, 2.75) is 6.61 Å². The van der Waals surface area contributed by atoms with Gasteiger partial charge < -0.3 is 14.5 Å². The van der Waals surface area contributed by atoms with E-state index in [2.05, 4.69) is 34.5 Å². The van der Waals surface area contributed by atoms with E-state index in [1.54, 1.807) is 18.2 Å². The van der Waals surface area contributed by atoms with Crippen LogP contribution in [0.3, 0.4) is 0 Å². The number of carbonyl (C=O) groups excluding carboxylic acids is 1. The highest BCUT2D eigenvalue weighted by Crippen LogP contribution is 2.16. The predicted octanol–water partition coefficient (Wildman–Crippen LogP) is 3.38. The number of nitrogens with one attached hydrogen (secondary N) is 1. The van der Waals surface area contributed by atoms with Crippen LogP contribution >= 0.6 is 22.6 Å². The fourth-order valence-corrected chi connectivity index (χ4v) is 1.87. The van der Waals surface area contributed by atoms with Crippen LogP contribution in [0.4, 0.5) is 0 Å². The van der Waals surface area contributed by atoms with Gasteiger partial charge in [-0.1, -0.05) is 6.08 Å². The molecule has 1 N–H and O–H groups in total. The number of benzene rings is 1. The van der Waals surface area contributed by atoms with Crippen molar-refractivity contribution in [2.24, 2.45) is 0 Å². The molecule has 0 fully saturated rings. The van der Waals surface area contributed by atoms with E-state index in [1.807, 2.05) is 24.3 Å². The fraction of sp³-hybridized carbons (Fsp3) is 0.133. The van der Waals surface area contributed by atoms with Crippen LogP contribution in [0.5, 0.6) is 5.75 Å². The predicted molar refractivity (Wildman–Crippen MR) is 84.7 cm³/mol. The van der Waals surface area contributed by atoms with Crippen molar-refractivity contribution in [3.8, 4) is 5.75 Å². The van der Waals surface area contributed by atoms with Gasteiger partial charge in [0.25, 0.3) is 5.91 Å². The molecule has 1 heterocycles. The van der Waals surface area contributed by atoms with Crippen LogP contribution in [0.15, 0.2) is 53.5 Å². The molecule has 0 radical (unpaired) electrons. The van der Waals surface area contributed by atoms with E-state index >= 15 is 0 Å². The first kappa shape index (κ1) is 14.6.